The third-order valence-electron chi connectivity index (χ3n) is 11.1. The molecule has 288 valence electrons. The van der Waals surface area contributed by atoms with Gasteiger partial charge in [0.2, 0.25) is 0 Å². The lowest BCUT2D eigenvalue weighted by Crippen LogP contribution is -2.46. The minimum absolute atomic E-state index is 0.329. The zero-order chi connectivity index (χ0) is 35.8. The van der Waals surface area contributed by atoms with Gasteiger partial charge in [0.1, 0.15) is 0 Å². The smallest absolute Gasteiger partial charge is 0.303 e. The summed E-state index contributed by atoms with van der Waals surface area (Å²) in [7, 11) is -14.8. The summed E-state index contributed by atoms with van der Waals surface area (Å²) in [5.74, 6) is 2.11. The number of ether oxygens (including phenoxy) is 1. The van der Waals surface area contributed by atoms with Gasteiger partial charge >= 0.3 is 18.6 Å². The van der Waals surface area contributed by atoms with E-state index in [1.807, 2.05) is 0 Å². The van der Waals surface area contributed by atoms with Crippen molar-refractivity contribution in [1.29, 1.82) is 0 Å². The van der Waals surface area contributed by atoms with Crippen molar-refractivity contribution < 1.29 is 42.1 Å². The van der Waals surface area contributed by atoms with E-state index in [1.54, 1.807) is 0 Å². The van der Waals surface area contributed by atoms with Crippen LogP contribution in [0.5, 0.6) is 0 Å². The third kappa shape index (κ3) is 15.0. The minimum Gasteiger partial charge on any atom is -0.420 e. The number of rotatable bonds is 13. The molecule has 0 radical (unpaired) electrons. The van der Waals surface area contributed by atoms with Crippen molar-refractivity contribution in [2.75, 3.05) is 6.61 Å². The van der Waals surface area contributed by atoms with Crippen molar-refractivity contribution in [3.8, 4) is 0 Å². The molecule has 0 N–H and O–H groups in total. The third-order valence-corrected chi connectivity index (χ3v) is 37.1. The lowest BCUT2D eigenvalue weighted by molar-refractivity contribution is -0.0351. The van der Waals surface area contributed by atoms with Gasteiger partial charge in [0.25, 0.3) is 55.7 Å². The summed E-state index contributed by atoms with van der Waals surface area (Å²) in [6.07, 6.45) is 12.8. The van der Waals surface area contributed by atoms with Gasteiger partial charge in [-0.3, -0.25) is 0 Å². The normalized spacial score (nSPS) is 40.6. The van der Waals surface area contributed by atoms with E-state index in [2.05, 4.69) is 72.8 Å². The summed E-state index contributed by atoms with van der Waals surface area (Å²) in [4.78, 5) is 0. The Morgan fingerprint density at radius 2 is 1.04 bits per heavy atom. The summed E-state index contributed by atoms with van der Waals surface area (Å²) in [6, 6.07) is 2.04. The van der Waals surface area contributed by atoms with Gasteiger partial charge in [-0.2, -0.15) is 0 Å². The van der Waals surface area contributed by atoms with E-state index >= 15 is 0 Å². The predicted octanol–water partition coefficient (Wildman–Crippen LogP) is 5.10. The molecule has 2 saturated carbocycles. The summed E-state index contributed by atoms with van der Waals surface area (Å²) >= 11 is 0. The largest absolute Gasteiger partial charge is 0.420 e. The molecule has 7 atom stereocenters. The van der Waals surface area contributed by atoms with Crippen LogP contribution in [-0.2, 0) is 42.1 Å². The Labute approximate surface area is 314 Å². The first-order valence-corrected chi connectivity index (χ1v) is 39.1. The monoisotopic (exact) mass is 844 g/mol. The quantitative estimate of drug-likeness (QED) is 0.185. The Bertz CT molecular complexity index is 936. The molecule has 7 unspecified atom stereocenters. The molecule has 2 aliphatic carbocycles. The lowest BCUT2D eigenvalue weighted by Gasteiger charge is -2.49. The maximum atomic E-state index is 6.88. The molecule has 0 spiro atoms. The Morgan fingerprint density at radius 3 is 1.53 bits per heavy atom. The first-order chi connectivity index (χ1) is 23.1. The van der Waals surface area contributed by atoms with Crippen LogP contribution in [0.25, 0.3) is 0 Å². The molecule has 2 aliphatic heterocycles. The van der Waals surface area contributed by atoms with Crippen LogP contribution in [-0.4, -0.2) is 101 Å². The highest BCUT2D eigenvalue weighted by molar-refractivity contribution is 6.73. The fraction of sp³-hybridized carbons (Fsp3) is 1.00. The maximum absolute atomic E-state index is 6.88. The molecule has 2 saturated heterocycles. The van der Waals surface area contributed by atoms with E-state index in [0.717, 1.165) is 43.4 Å². The zero-order valence-corrected chi connectivity index (χ0v) is 43.0. The molecule has 4 fully saturated rings. The van der Waals surface area contributed by atoms with E-state index in [9.17, 15) is 0 Å². The molecule has 0 aromatic carbocycles. The maximum Gasteiger partial charge on any atom is 0.303 e. The molecular weight excluding hydrogens is 773 g/mol. The van der Waals surface area contributed by atoms with Crippen LogP contribution in [0.1, 0.15) is 78.1 Å². The van der Waals surface area contributed by atoms with Crippen LogP contribution in [0.2, 0.25) is 71.0 Å². The highest BCUT2D eigenvalue weighted by Crippen LogP contribution is 2.51. The predicted molar refractivity (Wildman–Crippen MR) is 219 cm³/mol. The Balaban J connectivity index is 1.23. The fourth-order valence-electron chi connectivity index (χ4n) is 8.64. The van der Waals surface area contributed by atoms with Gasteiger partial charge in [-0.25, -0.2) is 0 Å². The van der Waals surface area contributed by atoms with Gasteiger partial charge < -0.3 is 42.1 Å². The van der Waals surface area contributed by atoms with E-state index in [1.165, 1.54) is 51.4 Å². The standard InChI is InChI=1S/C30H72O10Si9/c1-30(2,26-15-18-28(19-16-26)31-21-13-23-48-39-45(7)35-42(4)36-46(8)40-48)27-17-20-29(32-49(9,10)11)25(24-27)14-12-22-47-37-43(5)33-41(3)34-44(6)38-47/h25-29,41-48H,12-24H2,1-11H3. The first kappa shape index (κ1) is 43.3. The molecule has 0 amide bonds. The van der Waals surface area contributed by atoms with Gasteiger partial charge in [-0.1, -0.05) is 20.3 Å². The van der Waals surface area contributed by atoms with Crippen molar-refractivity contribution >= 4 is 82.6 Å². The first-order valence-electron chi connectivity index (χ1n) is 19.6. The van der Waals surface area contributed by atoms with Crippen molar-refractivity contribution in [3.63, 3.8) is 0 Å². The van der Waals surface area contributed by atoms with Crippen molar-refractivity contribution in [3.05, 3.63) is 0 Å². The van der Waals surface area contributed by atoms with E-state index in [-0.39, 0.29) is 0 Å². The lowest BCUT2D eigenvalue weighted by atomic mass is 9.59. The Hall–Kier alpha value is 1.55. The highest BCUT2D eigenvalue weighted by Gasteiger charge is 2.44. The van der Waals surface area contributed by atoms with Gasteiger partial charge in [-0.05, 0) is 152 Å². The number of hydrogen-bond acceptors (Lipinski definition) is 10. The van der Waals surface area contributed by atoms with E-state index < -0.39 is 82.6 Å². The Kier molecular flexibility index (Phi) is 18.1. The second-order valence-electron chi connectivity index (χ2n) is 16.6. The fourth-order valence-corrected chi connectivity index (χ4v) is 35.3. The molecular formula is C30H72O10Si9. The van der Waals surface area contributed by atoms with Crippen LogP contribution < -0.4 is 0 Å². The van der Waals surface area contributed by atoms with E-state index in [4.69, 9.17) is 42.1 Å². The average molecular weight is 846 g/mol. The van der Waals surface area contributed by atoms with Crippen LogP contribution in [0.4, 0.5) is 0 Å². The van der Waals surface area contributed by atoms with E-state index in [0.29, 0.717) is 23.5 Å². The topological polar surface area (TPSA) is 92.3 Å². The SMILES string of the molecule is C[SiH]1O[SiH](C)O[SiH](CCCOC2CCC(C(C)(C)C3CCC(O[Si](C)(C)C)C(CCC[SiH]4O[SiH](C)O[SiH](C)O[SiH](C)O4)C3)CC2)O[SiH](C)O1. The molecule has 4 rings (SSSR count). The molecule has 49 heavy (non-hydrogen) atoms. The molecule has 10 nitrogen and oxygen atoms in total. The molecule has 2 heterocycles. The average Bonchev–Trinajstić information content (AvgIpc) is 2.97. The van der Waals surface area contributed by atoms with Crippen LogP contribution in [0.15, 0.2) is 0 Å². The second-order valence-corrected chi connectivity index (χ2v) is 39.5. The summed E-state index contributed by atoms with van der Waals surface area (Å²) < 4.78 is 63.1. The van der Waals surface area contributed by atoms with Gasteiger partial charge in [0, 0.05) is 12.7 Å². The highest BCUT2D eigenvalue weighted by atomic mass is 28.5. The Morgan fingerprint density at radius 1 is 0.592 bits per heavy atom. The van der Waals surface area contributed by atoms with Gasteiger partial charge in [-0.15, -0.1) is 0 Å². The second kappa shape index (κ2) is 20.5. The van der Waals surface area contributed by atoms with Gasteiger partial charge in [0.15, 0.2) is 8.32 Å². The molecule has 4 aliphatic rings. The molecule has 19 heteroatoms. The van der Waals surface area contributed by atoms with Crippen molar-refractivity contribution in [2.45, 2.75) is 161 Å². The number of hydrogen-bond donors (Lipinski definition) is 0. The molecule has 0 aromatic rings. The minimum atomic E-state index is -1.75. The summed E-state index contributed by atoms with van der Waals surface area (Å²) in [5.41, 5.74) is 0.329. The molecule has 0 bridgehead atoms. The van der Waals surface area contributed by atoms with Crippen LogP contribution in [0, 0.1) is 23.2 Å². The van der Waals surface area contributed by atoms with Gasteiger partial charge in [0.05, 0.1) is 6.10 Å². The summed E-state index contributed by atoms with van der Waals surface area (Å²) in [5, 5.41) is 0. The zero-order valence-electron chi connectivity index (χ0n) is 32.8. The van der Waals surface area contributed by atoms with Crippen LogP contribution in [0.3, 0.4) is 0 Å². The van der Waals surface area contributed by atoms with Crippen LogP contribution >= 0.6 is 0 Å². The van der Waals surface area contributed by atoms with Crippen molar-refractivity contribution in [1.82, 2.24) is 0 Å². The molecule has 0 aromatic heterocycles. The van der Waals surface area contributed by atoms with Crippen molar-refractivity contribution in [2.24, 2.45) is 23.2 Å². The summed E-state index contributed by atoms with van der Waals surface area (Å²) in [6.45, 7) is 25.7.